The maximum Gasteiger partial charge on any atom is 0.273 e. The van der Waals surface area contributed by atoms with Crippen LogP contribution >= 0.6 is 0 Å². The molecule has 1 heterocycles. The monoisotopic (exact) mass is 427 g/mol. The van der Waals surface area contributed by atoms with Gasteiger partial charge in [0, 0.05) is 12.1 Å². The van der Waals surface area contributed by atoms with Crippen LogP contribution in [0.3, 0.4) is 0 Å². The fourth-order valence-electron chi connectivity index (χ4n) is 2.89. The number of carbonyl (C=O) groups is 1. The van der Waals surface area contributed by atoms with Gasteiger partial charge in [-0.15, -0.1) is 5.10 Å². The minimum atomic E-state index is -3.73. The number of hydrogen-bond donors (Lipinski definition) is 2. The molecule has 8 nitrogen and oxygen atoms in total. The number of carbonyl (C=O) groups excluding carboxylic acids is 1. The lowest BCUT2D eigenvalue weighted by atomic mass is 10.1. The van der Waals surface area contributed by atoms with E-state index in [-0.39, 0.29) is 17.1 Å². The van der Waals surface area contributed by atoms with Gasteiger partial charge in [-0.05, 0) is 38.0 Å². The Hall–Kier alpha value is -3.04. The van der Waals surface area contributed by atoms with E-state index in [2.05, 4.69) is 20.4 Å². The lowest BCUT2D eigenvalue weighted by Crippen LogP contribution is -2.41. The molecule has 0 saturated heterocycles. The highest BCUT2D eigenvalue weighted by molar-refractivity contribution is 7.89. The topological polar surface area (TPSA) is 106 Å². The summed E-state index contributed by atoms with van der Waals surface area (Å²) in [6.07, 6.45) is 1.56. The third-order valence-electron chi connectivity index (χ3n) is 4.10. The highest BCUT2D eigenvalue weighted by atomic mass is 32.2. The third kappa shape index (κ3) is 5.74. The number of sulfonamides is 1. The number of rotatable bonds is 7. The number of nitrogens with one attached hydrogen (secondary N) is 2. The number of amides is 1. The summed E-state index contributed by atoms with van der Waals surface area (Å²) in [5.41, 5.74) is 1.07. The molecule has 0 aliphatic heterocycles. The Morgan fingerprint density at radius 1 is 1.03 bits per heavy atom. The Morgan fingerprint density at radius 3 is 2.40 bits per heavy atom. The van der Waals surface area contributed by atoms with E-state index in [9.17, 15) is 13.2 Å². The van der Waals surface area contributed by atoms with Gasteiger partial charge in [-0.25, -0.2) is 17.8 Å². The second kappa shape index (κ2) is 8.76. The summed E-state index contributed by atoms with van der Waals surface area (Å²) in [7, 11) is -3.73. The van der Waals surface area contributed by atoms with Crippen LogP contribution < -0.4 is 10.0 Å². The Bertz CT molecular complexity index is 1120. The van der Waals surface area contributed by atoms with Gasteiger partial charge in [0.25, 0.3) is 5.91 Å². The number of aromatic nitrogens is 3. The summed E-state index contributed by atoms with van der Waals surface area (Å²) in [4.78, 5) is 12.6. The van der Waals surface area contributed by atoms with Crippen molar-refractivity contribution < 1.29 is 13.2 Å². The van der Waals surface area contributed by atoms with Gasteiger partial charge < -0.3 is 5.32 Å². The average molecular weight is 428 g/mol. The van der Waals surface area contributed by atoms with E-state index in [0.29, 0.717) is 12.1 Å². The summed E-state index contributed by atoms with van der Waals surface area (Å²) in [6.45, 7) is 5.86. The lowest BCUT2D eigenvalue weighted by Gasteiger charge is -2.21. The quantitative estimate of drug-likeness (QED) is 0.602. The Labute approximate surface area is 176 Å². The molecule has 0 aliphatic carbocycles. The summed E-state index contributed by atoms with van der Waals surface area (Å²) in [6, 6.07) is 16.3. The van der Waals surface area contributed by atoms with Crippen molar-refractivity contribution >= 4 is 15.9 Å². The highest BCUT2D eigenvalue weighted by Crippen LogP contribution is 2.18. The maximum atomic E-state index is 12.7. The zero-order valence-electron chi connectivity index (χ0n) is 17.2. The Balaban J connectivity index is 1.69. The molecule has 3 aromatic rings. The predicted molar refractivity (Wildman–Crippen MR) is 113 cm³/mol. The first-order valence-corrected chi connectivity index (χ1v) is 11.0. The first-order valence-electron chi connectivity index (χ1n) is 9.48. The van der Waals surface area contributed by atoms with E-state index in [1.807, 2.05) is 30.3 Å². The van der Waals surface area contributed by atoms with Gasteiger partial charge in [0.2, 0.25) is 10.0 Å². The highest BCUT2D eigenvalue weighted by Gasteiger charge is 2.24. The van der Waals surface area contributed by atoms with Crippen molar-refractivity contribution in [3.63, 3.8) is 0 Å². The molecule has 0 spiro atoms. The van der Waals surface area contributed by atoms with E-state index >= 15 is 0 Å². The van der Waals surface area contributed by atoms with Crippen molar-refractivity contribution in [1.82, 2.24) is 25.0 Å². The first kappa shape index (κ1) is 21.7. The second-order valence-corrected chi connectivity index (χ2v) is 9.58. The van der Waals surface area contributed by atoms with Crippen molar-refractivity contribution in [1.29, 1.82) is 0 Å². The van der Waals surface area contributed by atoms with Crippen LogP contribution in [0.5, 0.6) is 0 Å². The molecule has 1 amide bonds. The first-order chi connectivity index (χ1) is 14.1. The molecule has 2 aromatic carbocycles. The van der Waals surface area contributed by atoms with Crippen LogP contribution in [0.15, 0.2) is 65.7 Å². The summed E-state index contributed by atoms with van der Waals surface area (Å²) in [5.74, 6) is -0.426. The van der Waals surface area contributed by atoms with E-state index in [0.717, 1.165) is 5.56 Å². The minimum absolute atomic E-state index is 0.0472. The standard InChI is InChI=1S/C21H25N5O3S/c1-21(2,3)24-30(28,29)19-12-8-7-11-17(19)13-22-20(27)18-15-26(25-23-18)14-16-9-5-4-6-10-16/h4-12,15,24H,13-14H2,1-3H3,(H,22,27). The van der Waals surface area contributed by atoms with E-state index in [1.54, 1.807) is 49.8 Å². The molecule has 158 valence electrons. The summed E-state index contributed by atoms with van der Waals surface area (Å²) >= 11 is 0. The van der Waals surface area contributed by atoms with Crippen LogP contribution in [0.25, 0.3) is 0 Å². The van der Waals surface area contributed by atoms with Gasteiger partial charge >= 0.3 is 0 Å². The van der Waals surface area contributed by atoms with Crippen LogP contribution in [0.4, 0.5) is 0 Å². The fourth-order valence-corrected chi connectivity index (χ4v) is 4.55. The normalized spacial score (nSPS) is 12.0. The molecule has 0 atom stereocenters. The van der Waals surface area contributed by atoms with Gasteiger partial charge in [-0.3, -0.25) is 4.79 Å². The van der Waals surface area contributed by atoms with Crippen molar-refractivity contribution in [2.24, 2.45) is 0 Å². The molecular formula is C21H25N5O3S. The molecule has 2 N–H and O–H groups in total. The molecule has 30 heavy (non-hydrogen) atoms. The van der Waals surface area contributed by atoms with Crippen molar-refractivity contribution in [3.8, 4) is 0 Å². The lowest BCUT2D eigenvalue weighted by molar-refractivity contribution is 0.0945. The molecule has 0 unspecified atom stereocenters. The van der Waals surface area contributed by atoms with E-state index in [4.69, 9.17) is 0 Å². The van der Waals surface area contributed by atoms with Crippen LogP contribution in [0.1, 0.15) is 42.4 Å². The van der Waals surface area contributed by atoms with Crippen molar-refractivity contribution in [2.75, 3.05) is 0 Å². The fraction of sp³-hybridized carbons (Fsp3) is 0.286. The van der Waals surface area contributed by atoms with Gasteiger partial charge in [-0.2, -0.15) is 0 Å². The van der Waals surface area contributed by atoms with Gasteiger partial charge in [0.15, 0.2) is 5.69 Å². The van der Waals surface area contributed by atoms with Crippen LogP contribution in [-0.2, 0) is 23.1 Å². The molecule has 3 rings (SSSR count). The van der Waals surface area contributed by atoms with Crippen LogP contribution in [0, 0.1) is 0 Å². The van der Waals surface area contributed by atoms with E-state index < -0.39 is 21.5 Å². The average Bonchev–Trinajstić information content (AvgIpc) is 3.14. The van der Waals surface area contributed by atoms with Crippen molar-refractivity contribution in [3.05, 3.63) is 77.6 Å². The number of nitrogens with zero attached hydrogens (tertiary/aromatic N) is 3. The van der Waals surface area contributed by atoms with Crippen molar-refractivity contribution in [2.45, 2.75) is 44.3 Å². The maximum absolute atomic E-state index is 12.7. The molecule has 0 saturated carbocycles. The zero-order chi connectivity index (χ0) is 21.8. The molecule has 0 fully saturated rings. The van der Waals surface area contributed by atoms with Gasteiger partial charge in [0.05, 0.1) is 17.6 Å². The predicted octanol–water partition coefficient (Wildman–Crippen LogP) is 2.33. The largest absolute Gasteiger partial charge is 0.346 e. The zero-order valence-corrected chi connectivity index (χ0v) is 18.0. The van der Waals surface area contributed by atoms with Gasteiger partial charge in [0.1, 0.15) is 0 Å². The molecule has 0 aliphatic rings. The smallest absolute Gasteiger partial charge is 0.273 e. The molecule has 0 bridgehead atoms. The number of benzene rings is 2. The second-order valence-electron chi connectivity index (χ2n) is 7.93. The summed E-state index contributed by atoms with van der Waals surface area (Å²) in [5, 5.41) is 10.6. The van der Waals surface area contributed by atoms with Crippen LogP contribution in [0.2, 0.25) is 0 Å². The molecular weight excluding hydrogens is 402 g/mol. The Morgan fingerprint density at radius 2 is 1.70 bits per heavy atom. The third-order valence-corrected chi connectivity index (χ3v) is 5.96. The molecule has 1 aromatic heterocycles. The molecule has 9 heteroatoms. The molecule has 0 radical (unpaired) electrons. The minimum Gasteiger partial charge on any atom is -0.346 e. The Kier molecular flexibility index (Phi) is 6.33. The van der Waals surface area contributed by atoms with Gasteiger partial charge in [-0.1, -0.05) is 53.7 Å². The van der Waals surface area contributed by atoms with Crippen LogP contribution in [-0.4, -0.2) is 34.9 Å². The SMILES string of the molecule is CC(C)(C)NS(=O)(=O)c1ccccc1CNC(=O)c1cn(Cc2ccccc2)nn1. The summed E-state index contributed by atoms with van der Waals surface area (Å²) < 4.78 is 29.6. The van der Waals surface area contributed by atoms with E-state index in [1.165, 1.54) is 6.07 Å². The number of hydrogen-bond acceptors (Lipinski definition) is 5.